The maximum atomic E-state index is 11.6. The van der Waals surface area contributed by atoms with Gasteiger partial charge in [0, 0.05) is 23.2 Å². The molecule has 4 rings (SSSR count). The summed E-state index contributed by atoms with van der Waals surface area (Å²) in [4.78, 5) is 13.3. The van der Waals surface area contributed by atoms with Crippen molar-refractivity contribution in [3.8, 4) is 34.1 Å². The Morgan fingerprint density at radius 1 is 1.07 bits per heavy atom. The lowest BCUT2D eigenvalue weighted by Gasteiger charge is -2.39. The second kappa shape index (κ2) is 7.13. The molecule has 3 N–H and O–H groups in total. The fraction of sp³-hybridized carbons (Fsp3) is 0.292. The molecule has 0 saturated carbocycles. The van der Waals surface area contributed by atoms with Crippen molar-refractivity contribution in [2.75, 3.05) is 7.11 Å². The molecule has 1 amide bonds. The fourth-order valence-corrected chi connectivity index (χ4v) is 4.77. The van der Waals surface area contributed by atoms with Crippen LogP contribution < -0.4 is 4.74 Å². The largest absolute Gasteiger partial charge is 0.507 e. The average Bonchev–Trinajstić information content (AvgIpc) is 2.68. The first-order chi connectivity index (χ1) is 14.3. The first kappa shape index (κ1) is 19.9. The maximum absolute atomic E-state index is 11.6. The van der Waals surface area contributed by atoms with Gasteiger partial charge in [0.1, 0.15) is 23.0 Å². The molecule has 3 aromatic carbocycles. The van der Waals surface area contributed by atoms with Crippen LogP contribution in [0.1, 0.15) is 36.6 Å². The molecule has 0 bridgehead atoms. The van der Waals surface area contributed by atoms with Crippen LogP contribution in [0.4, 0.5) is 0 Å². The van der Waals surface area contributed by atoms with Gasteiger partial charge in [-0.25, -0.2) is 0 Å². The van der Waals surface area contributed by atoms with E-state index in [1.165, 1.54) is 6.07 Å². The number of phenols is 3. The zero-order valence-electron chi connectivity index (χ0n) is 17.4. The summed E-state index contributed by atoms with van der Waals surface area (Å²) in [5, 5.41) is 33.3. The molecule has 156 valence electrons. The van der Waals surface area contributed by atoms with Crippen molar-refractivity contribution in [3.05, 3.63) is 47.0 Å². The molecule has 0 fully saturated rings. The molecule has 0 saturated heterocycles. The van der Waals surface area contributed by atoms with Gasteiger partial charge in [0.05, 0.1) is 18.5 Å². The minimum absolute atomic E-state index is 0.0330. The second-order valence-corrected chi connectivity index (χ2v) is 7.99. The normalized spacial score (nSPS) is 18.3. The fourth-order valence-electron chi connectivity index (χ4n) is 4.77. The molecular formula is C24H25NO5. The van der Waals surface area contributed by atoms with Gasteiger partial charge in [-0.15, -0.1) is 0 Å². The van der Waals surface area contributed by atoms with Gasteiger partial charge in [-0.05, 0) is 67.5 Å². The van der Waals surface area contributed by atoms with Crippen LogP contribution in [0.5, 0.6) is 23.0 Å². The van der Waals surface area contributed by atoms with Gasteiger partial charge in [-0.1, -0.05) is 6.07 Å². The third kappa shape index (κ3) is 2.83. The molecule has 30 heavy (non-hydrogen) atoms. The molecule has 1 heterocycles. The van der Waals surface area contributed by atoms with Gasteiger partial charge in [-0.2, -0.15) is 0 Å². The lowest BCUT2D eigenvalue weighted by atomic mass is 9.82. The molecule has 1 aliphatic rings. The van der Waals surface area contributed by atoms with Crippen LogP contribution in [0.25, 0.3) is 21.9 Å². The Bertz CT molecular complexity index is 1170. The van der Waals surface area contributed by atoms with Crippen LogP contribution in [0.15, 0.2) is 30.3 Å². The van der Waals surface area contributed by atoms with Crippen molar-refractivity contribution < 1.29 is 24.9 Å². The number of carbonyl (C=O) groups is 1. The summed E-state index contributed by atoms with van der Waals surface area (Å²) in [6.07, 6.45) is 1.29. The summed E-state index contributed by atoms with van der Waals surface area (Å²) in [6, 6.07) is 8.05. The molecule has 0 radical (unpaired) electrons. The Balaban J connectivity index is 2.10. The zero-order chi connectivity index (χ0) is 21.7. The molecular weight excluding hydrogens is 382 g/mol. The first-order valence-corrected chi connectivity index (χ1v) is 9.89. The lowest BCUT2D eigenvalue weighted by Crippen LogP contribution is -2.40. The van der Waals surface area contributed by atoms with E-state index in [2.05, 4.69) is 0 Å². The van der Waals surface area contributed by atoms with Crippen LogP contribution in [-0.4, -0.2) is 39.8 Å². The standard InChI is InChI=1S/C24H25NO5/c1-12-7-16-15(5-6-18(27)24(16)21(8-12)30-4)23-17-9-13(2)25(11-26)14(3)22(17)19(28)10-20(23)29/h5-8,10-11,13-14,27-29H,9H2,1-4H3/t13-,14-/m1/s1. The van der Waals surface area contributed by atoms with Gasteiger partial charge in [0.15, 0.2) is 0 Å². The summed E-state index contributed by atoms with van der Waals surface area (Å²) in [6.45, 7) is 5.75. The number of carbonyl (C=O) groups excluding carboxylic acids is 1. The van der Waals surface area contributed by atoms with Crippen molar-refractivity contribution in [2.24, 2.45) is 0 Å². The molecule has 0 spiro atoms. The van der Waals surface area contributed by atoms with Crippen molar-refractivity contribution >= 4 is 17.2 Å². The number of ether oxygens (including phenoxy) is 1. The molecule has 1 aliphatic heterocycles. The predicted molar refractivity (Wildman–Crippen MR) is 115 cm³/mol. The Hall–Kier alpha value is -3.41. The second-order valence-electron chi connectivity index (χ2n) is 7.99. The number of amides is 1. The summed E-state index contributed by atoms with van der Waals surface area (Å²) in [5.41, 5.74) is 3.72. The molecule has 0 aliphatic carbocycles. The van der Waals surface area contributed by atoms with E-state index in [1.54, 1.807) is 24.1 Å². The monoisotopic (exact) mass is 407 g/mol. The SMILES string of the molecule is COc1cc(C)cc2c(-c3c(O)cc(O)c4c3C[C@@H](C)N(C=O)[C@@H]4C)ccc(O)c12. The summed E-state index contributed by atoms with van der Waals surface area (Å²) >= 11 is 0. The number of aromatic hydroxyl groups is 3. The smallest absolute Gasteiger partial charge is 0.210 e. The topological polar surface area (TPSA) is 90.2 Å². The number of hydrogen-bond acceptors (Lipinski definition) is 5. The van der Waals surface area contributed by atoms with Crippen LogP contribution in [-0.2, 0) is 11.2 Å². The van der Waals surface area contributed by atoms with E-state index in [4.69, 9.17) is 4.74 Å². The minimum atomic E-state index is -0.333. The highest BCUT2D eigenvalue weighted by molar-refractivity contribution is 6.05. The number of aryl methyl sites for hydroxylation is 1. The van der Waals surface area contributed by atoms with E-state index in [0.29, 0.717) is 28.7 Å². The molecule has 6 heteroatoms. The van der Waals surface area contributed by atoms with E-state index in [9.17, 15) is 20.1 Å². The van der Waals surface area contributed by atoms with Crippen LogP contribution in [0.2, 0.25) is 0 Å². The number of methoxy groups -OCH3 is 1. The highest BCUT2D eigenvalue weighted by Gasteiger charge is 2.34. The van der Waals surface area contributed by atoms with E-state index in [-0.39, 0.29) is 29.3 Å². The van der Waals surface area contributed by atoms with E-state index < -0.39 is 0 Å². The maximum Gasteiger partial charge on any atom is 0.210 e. The number of benzene rings is 3. The van der Waals surface area contributed by atoms with E-state index in [0.717, 1.165) is 28.5 Å². The third-order valence-electron chi connectivity index (χ3n) is 6.12. The molecule has 0 unspecified atom stereocenters. The van der Waals surface area contributed by atoms with E-state index >= 15 is 0 Å². The summed E-state index contributed by atoms with van der Waals surface area (Å²) in [5.74, 6) is 0.559. The number of nitrogens with zero attached hydrogens (tertiary/aromatic N) is 1. The zero-order valence-corrected chi connectivity index (χ0v) is 17.4. The van der Waals surface area contributed by atoms with Gasteiger partial charge >= 0.3 is 0 Å². The Morgan fingerprint density at radius 3 is 2.47 bits per heavy atom. The van der Waals surface area contributed by atoms with Crippen molar-refractivity contribution in [1.82, 2.24) is 4.90 Å². The molecule has 2 atom stereocenters. The van der Waals surface area contributed by atoms with E-state index in [1.807, 2.05) is 32.9 Å². The van der Waals surface area contributed by atoms with Gasteiger partial charge < -0.3 is 25.0 Å². The lowest BCUT2D eigenvalue weighted by molar-refractivity contribution is -0.122. The Morgan fingerprint density at radius 2 is 1.80 bits per heavy atom. The quantitative estimate of drug-likeness (QED) is 0.560. The Kier molecular flexibility index (Phi) is 4.73. The summed E-state index contributed by atoms with van der Waals surface area (Å²) in [7, 11) is 1.55. The van der Waals surface area contributed by atoms with Crippen LogP contribution in [0.3, 0.4) is 0 Å². The Labute approximate surface area is 175 Å². The highest BCUT2D eigenvalue weighted by Crippen LogP contribution is 2.49. The number of fused-ring (bicyclic) bond motifs is 2. The highest BCUT2D eigenvalue weighted by atomic mass is 16.5. The van der Waals surface area contributed by atoms with Crippen molar-refractivity contribution in [3.63, 3.8) is 0 Å². The number of hydrogen-bond donors (Lipinski definition) is 3. The van der Waals surface area contributed by atoms with Gasteiger partial charge in [-0.3, -0.25) is 4.79 Å². The predicted octanol–water partition coefficient (Wildman–Crippen LogP) is 4.40. The minimum Gasteiger partial charge on any atom is -0.507 e. The molecule has 0 aromatic heterocycles. The van der Waals surface area contributed by atoms with Crippen molar-refractivity contribution in [1.29, 1.82) is 0 Å². The van der Waals surface area contributed by atoms with Crippen LogP contribution in [0, 0.1) is 6.92 Å². The number of phenolic OH excluding ortho intramolecular Hbond substituents is 3. The van der Waals surface area contributed by atoms with Crippen molar-refractivity contribution in [2.45, 2.75) is 39.3 Å². The first-order valence-electron chi connectivity index (χ1n) is 9.89. The molecule has 3 aromatic rings. The molecule has 6 nitrogen and oxygen atoms in total. The van der Waals surface area contributed by atoms with Gasteiger partial charge in [0.25, 0.3) is 0 Å². The summed E-state index contributed by atoms with van der Waals surface area (Å²) < 4.78 is 5.50. The van der Waals surface area contributed by atoms with Gasteiger partial charge in [0.2, 0.25) is 6.41 Å². The number of rotatable bonds is 3. The average molecular weight is 407 g/mol. The van der Waals surface area contributed by atoms with Crippen LogP contribution >= 0.6 is 0 Å². The third-order valence-corrected chi connectivity index (χ3v) is 6.12.